The topological polar surface area (TPSA) is 122 Å². The molecule has 1 saturated heterocycles. The third-order valence-electron chi connectivity index (χ3n) is 5.38. The van der Waals surface area contributed by atoms with Gasteiger partial charge in [0, 0.05) is 12.1 Å². The van der Waals surface area contributed by atoms with Crippen molar-refractivity contribution in [2.24, 2.45) is 5.92 Å². The van der Waals surface area contributed by atoms with Crippen molar-refractivity contribution >= 4 is 29.2 Å². The minimum Gasteiger partial charge on any atom is -0.324 e. The van der Waals surface area contributed by atoms with Gasteiger partial charge in [0.25, 0.3) is 11.6 Å². The highest BCUT2D eigenvalue weighted by Crippen LogP contribution is 2.36. The quantitative estimate of drug-likeness (QED) is 0.476. The predicted octanol–water partition coefficient (Wildman–Crippen LogP) is 2.34. The molecule has 0 unspecified atom stereocenters. The molecule has 144 valence electrons. The zero-order valence-electron chi connectivity index (χ0n) is 15.3. The van der Waals surface area contributed by atoms with Crippen molar-refractivity contribution in [3.63, 3.8) is 0 Å². The molecular formula is C18H22N4O5. The molecular weight excluding hydrogens is 352 g/mol. The van der Waals surface area contributed by atoms with Crippen LogP contribution in [0.4, 0.5) is 16.2 Å². The van der Waals surface area contributed by atoms with E-state index >= 15 is 0 Å². The van der Waals surface area contributed by atoms with Gasteiger partial charge >= 0.3 is 6.03 Å². The zero-order valence-corrected chi connectivity index (χ0v) is 15.3. The van der Waals surface area contributed by atoms with E-state index < -0.39 is 28.9 Å². The number of nitrogens with one attached hydrogen (secondary N) is 2. The summed E-state index contributed by atoms with van der Waals surface area (Å²) in [7, 11) is 0. The second-order valence-electron chi connectivity index (χ2n) is 7.39. The van der Waals surface area contributed by atoms with Crippen molar-refractivity contribution in [3.05, 3.63) is 33.9 Å². The van der Waals surface area contributed by atoms with Gasteiger partial charge in [0.1, 0.15) is 12.1 Å². The predicted molar refractivity (Wildman–Crippen MR) is 97.1 cm³/mol. The van der Waals surface area contributed by atoms with Crippen LogP contribution < -0.4 is 10.6 Å². The summed E-state index contributed by atoms with van der Waals surface area (Å²) >= 11 is 0. The Morgan fingerprint density at radius 2 is 2.04 bits per heavy atom. The number of anilines is 1. The van der Waals surface area contributed by atoms with Crippen LogP contribution in [0.5, 0.6) is 0 Å². The monoisotopic (exact) mass is 374 g/mol. The molecule has 1 aromatic rings. The Kier molecular flexibility index (Phi) is 4.86. The summed E-state index contributed by atoms with van der Waals surface area (Å²) in [5.74, 6) is -0.442. The molecule has 0 aromatic heterocycles. The highest BCUT2D eigenvalue weighted by Gasteiger charge is 2.52. The molecule has 2 N–H and O–H groups in total. The number of carbonyl (C=O) groups is 3. The summed E-state index contributed by atoms with van der Waals surface area (Å²) in [4.78, 5) is 48.7. The SMILES string of the molecule is Cc1ccc([N+](=O)[O-])cc1NC(=O)CN1C(=O)NC2(CCC(C)CC2)C1=O. The Balaban J connectivity index is 1.69. The first kappa shape index (κ1) is 18.8. The molecule has 27 heavy (non-hydrogen) atoms. The Bertz CT molecular complexity index is 814. The number of amides is 4. The van der Waals surface area contributed by atoms with E-state index in [1.165, 1.54) is 18.2 Å². The van der Waals surface area contributed by atoms with Crippen molar-refractivity contribution in [3.8, 4) is 0 Å². The summed E-state index contributed by atoms with van der Waals surface area (Å²) in [6.45, 7) is 3.38. The van der Waals surface area contributed by atoms with Gasteiger partial charge in [-0.2, -0.15) is 0 Å². The van der Waals surface area contributed by atoms with Gasteiger partial charge in [0.2, 0.25) is 5.91 Å². The van der Waals surface area contributed by atoms with Crippen molar-refractivity contribution in [2.75, 3.05) is 11.9 Å². The van der Waals surface area contributed by atoms with Crippen LogP contribution in [0.2, 0.25) is 0 Å². The Hall–Kier alpha value is -2.97. The van der Waals surface area contributed by atoms with Crippen molar-refractivity contribution in [1.29, 1.82) is 0 Å². The number of nitrogens with zero attached hydrogens (tertiary/aromatic N) is 2. The van der Waals surface area contributed by atoms with E-state index in [9.17, 15) is 24.5 Å². The summed E-state index contributed by atoms with van der Waals surface area (Å²) < 4.78 is 0. The molecule has 1 saturated carbocycles. The number of urea groups is 1. The lowest BCUT2D eigenvalue weighted by atomic mass is 9.77. The van der Waals surface area contributed by atoms with Crippen LogP contribution in [0.15, 0.2) is 18.2 Å². The lowest BCUT2D eigenvalue weighted by molar-refractivity contribution is -0.384. The maximum atomic E-state index is 12.8. The fraction of sp³-hybridized carbons (Fsp3) is 0.500. The van der Waals surface area contributed by atoms with Crippen molar-refractivity contribution < 1.29 is 19.3 Å². The smallest absolute Gasteiger partial charge is 0.324 e. The highest BCUT2D eigenvalue weighted by molar-refractivity contribution is 6.10. The summed E-state index contributed by atoms with van der Waals surface area (Å²) in [5, 5.41) is 16.2. The molecule has 4 amide bonds. The first-order chi connectivity index (χ1) is 12.7. The number of aryl methyl sites for hydroxylation is 1. The van der Waals surface area contributed by atoms with Gasteiger partial charge in [-0.1, -0.05) is 13.0 Å². The number of hydrogen-bond acceptors (Lipinski definition) is 5. The zero-order chi connectivity index (χ0) is 19.8. The molecule has 9 heteroatoms. The molecule has 3 rings (SSSR count). The number of benzene rings is 1. The second-order valence-corrected chi connectivity index (χ2v) is 7.39. The number of non-ortho nitro benzene ring substituents is 1. The van der Waals surface area contributed by atoms with Gasteiger partial charge in [-0.25, -0.2) is 4.79 Å². The molecule has 0 bridgehead atoms. The van der Waals surface area contributed by atoms with Gasteiger partial charge in [-0.15, -0.1) is 0 Å². The summed E-state index contributed by atoms with van der Waals surface area (Å²) in [6, 6.07) is 3.56. The van der Waals surface area contributed by atoms with Crippen molar-refractivity contribution in [2.45, 2.75) is 45.1 Å². The molecule has 1 aromatic carbocycles. The Morgan fingerprint density at radius 3 is 2.67 bits per heavy atom. The van der Waals surface area contributed by atoms with Gasteiger partial charge in [-0.3, -0.25) is 24.6 Å². The van der Waals surface area contributed by atoms with E-state index in [0.29, 0.717) is 24.3 Å². The lowest BCUT2D eigenvalue weighted by Gasteiger charge is -2.33. The van der Waals surface area contributed by atoms with E-state index in [2.05, 4.69) is 17.6 Å². The van der Waals surface area contributed by atoms with Crippen LogP contribution in [-0.4, -0.2) is 39.8 Å². The molecule has 2 fully saturated rings. The van der Waals surface area contributed by atoms with Crippen molar-refractivity contribution in [1.82, 2.24) is 10.2 Å². The number of nitro benzene ring substituents is 1. The average Bonchev–Trinajstić information content (AvgIpc) is 2.84. The van der Waals surface area contributed by atoms with Gasteiger partial charge in [0.15, 0.2) is 0 Å². The number of rotatable bonds is 4. The third-order valence-corrected chi connectivity index (χ3v) is 5.38. The molecule has 0 atom stereocenters. The van der Waals surface area contributed by atoms with Gasteiger partial charge in [0.05, 0.1) is 10.6 Å². The molecule has 0 radical (unpaired) electrons. The van der Waals surface area contributed by atoms with E-state index in [-0.39, 0.29) is 17.3 Å². The van der Waals surface area contributed by atoms with E-state index in [1.54, 1.807) is 6.92 Å². The van der Waals surface area contributed by atoms with E-state index in [0.717, 1.165) is 17.7 Å². The second kappa shape index (κ2) is 6.98. The standard InChI is InChI=1S/C18H22N4O5/c1-11-5-7-18(8-6-11)16(24)21(17(25)20-18)10-15(23)19-14-9-13(22(26)27)4-3-12(14)2/h3-4,9,11H,5-8,10H2,1-2H3,(H,19,23)(H,20,25). The highest BCUT2D eigenvalue weighted by atomic mass is 16.6. The van der Waals surface area contributed by atoms with Gasteiger partial charge in [-0.05, 0) is 44.1 Å². The lowest BCUT2D eigenvalue weighted by Crippen LogP contribution is -2.49. The summed E-state index contributed by atoms with van der Waals surface area (Å²) in [6.07, 6.45) is 2.83. The van der Waals surface area contributed by atoms with Crippen LogP contribution in [0.3, 0.4) is 0 Å². The molecule has 1 heterocycles. The summed E-state index contributed by atoms with van der Waals surface area (Å²) in [5.41, 5.74) is -0.127. The van der Waals surface area contributed by atoms with Crippen LogP contribution in [0.1, 0.15) is 38.2 Å². The number of imide groups is 1. The first-order valence-corrected chi connectivity index (χ1v) is 8.91. The van der Waals surface area contributed by atoms with Crippen LogP contribution in [-0.2, 0) is 9.59 Å². The maximum absolute atomic E-state index is 12.8. The average molecular weight is 374 g/mol. The minimum absolute atomic E-state index is 0.152. The van der Waals surface area contributed by atoms with Crippen LogP contribution in [0.25, 0.3) is 0 Å². The molecule has 2 aliphatic rings. The van der Waals surface area contributed by atoms with Gasteiger partial charge < -0.3 is 10.6 Å². The number of carbonyl (C=O) groups excluding carboxylic acids is 3. The Labute approximate surface area is 156 Å². The fourth-order valence-electron chi connectivity index (χ4n) is 3.61. The normalized spacial score (nSPS) is 24.8. The number of nitro groups is 1. The molecule has 1 aliphatic heterocycles. The van der Waals surface area contributed by atoms with E-state index in [4.69, 9.17) is 0 Å². The van der Waals surface area contributed by atoms with Crippen LogP contribution >= 0.6 is 0 Å². The minimum atomic E-state index is -0.897. The Morgan fingerprint density at radius 1 is 1.37 bits per heavy atom. The molecule has 1 spiro atoms. The largest absolute Gasteiger partial charge is 0.325 e. The third kappa shape index (κ3) is 3.62. The van der Waals surface area contributed by atoms with E-state index in [1.807, 2.05) is 0 Å². The number of hydrogen-bond donors (Lipinski definition) is 2. The molecule has 1 aliphatic carbocycles. The first-order valence-electron chi connectivity index (χ1n) is 8.91. The maximum Gasteiger partial charge on any atom is 0.325 e. The molecule has 9 nitrogen and oxygen atoms in total. The fourth-order valence-corrected chi connectivity index (χ4v) is 3.61. The van der Waals surface area contributed by atoms with Crippen LogP contribution in [0, 0.1) is 23.0 Å².